The number of allylic oxidation sites excluding steroid dienone is 4. The van der Waals surface area contributed by atoms with Crippen molar-refractivity contribution >= 4 is 13.8 Å². The molecule has 0 aliphatic rings. The number of carbonyl (C=O) groups excluding carboxylic acids is 1. The normalized spacial score (nSPS) is 14.0. The molecule has 45 heavy (non-hydrogen) atoms. The van der Waals surface area contributed by atoms with E-state index < -0.39 is 13.9 Å². The third-order valence-corrected chi connectivity index (χ3v) is 8.61. The summed E-state index contributed by atoms with van der Waals surface area (Å²) < 4.78 is 33.1. The third-order valence-electron chi connectivity index (χ3n) is 7.62. The molecule has 0 spiro atoms. The van der Waals surface area contributed by atoms with Gasteiger partial charge in [0.1, 0.15) is 6.10 Å². The zero-order chi connectivity index (χ0) is 33.1. The van der Waals surface area contributed by atoms with E-state index in [4.69, 9.17) is 24.3 Å². The number of hydrogen-bond donors (Lipinski definition) is 2. The molecule has 0 heterocycles. The molecule has 0 bridgehead atoms. The molecule has 2 atom stereocenters. The number of phosphoric ester groups is 1. The van der Waals surface area contributed by atoms with Crippen molar-refractivity contribution in [1.29, 1.82) is 0 Å². The number of hydrogen-bond acceptors (Lipinski definition) is 7. The molecule has 0 aromatic heterocycles. The second-order valence-electron chi connectivity index (χ2n) is 12.1. The molecule has 0 fully saturated rings. The lowest BCUT2D eigenvalue weighted by Crippen LogP contribution is -2.28. The van der Waals surface area contributed by atoms with E-state index >= 15 is 0 Å². The first kappa shape index (κ1) is 44.0. The zero-order valence-electron chi connectivity index (χ0n) is 29.1. The first-order valence-corrected chi connectivity index (χ1v) is 19.8. The van der Waals surface area contributed by atoms with Gasteiger partial charge in [0.15, 0.2) is 0 Å². The number of carbonyl (C=O) groups is 1. The highest BCUT2D eigenvalue weighted by Crippen LogP contribution is 2.43. The predicted molar refractivity (Wildman–Crippen MR) is 187 cm³/mol. The van der Waals surface area contributed by atoms with Gasteiger partial charge in [0.2, 0.25) is 0 Å². The Morgan fingerprint density at radius 1 is 0.667 bits per heavy atom. The van der Waals surface area contributed by atoms with E-state index in [0.29, 0.717) is 13.0 Å². The molecule has 266 valence electrons. The summed E-state index contributed by atoms with van der Waals surface area (Å²) >= 11 is 0. The summed E-state index contributed by atoms with van der Waals surface area (Å²) in [4.78, 5) is 22.1. The number of phosphoric acid groups is 1. The lowest BCUT2D eigenvalue weighted by atomic mass is 10.1. The van der Waals surface area contributed by atoms with Crippen molar-refractivity contribution in [3.8, 4) is 0 Å². The van der Waals surface area contributed by atoms with E-state index in [-0.39, 0.29) is 32.3 Å². The summed E-state index contributed by atoms with van der Waals surface area (Å²) in [5, 5.41) is 0. The van der Waals surface area contributed by atoms with Gasteiger partial charge in [-0.25, -0.2) is 4.57 Å². The van der Waals surface area contributed by atoms with Crippen LogP contribution >= 0.6 is 7.82 Å². The molecule has 0 amide bonds. The van der Waals surface area contributed by atoms with Crippen LogP contribution in [-0.4, -0.2) is 49.9 Å². The second-order valence-corrected chi connectivity index (χ2v) is 13.5. The second kappa shape index (κ2) is 34.3. The maximum absolute atomic E-state index is 12.3. The number of ether oxygens (including phenoxy) is 2. The number of rotatable bonds is 35. The lowest BCUT2D eigenvalue weighted by Gasteiger charge is -2.20. The Balaban J connectivity index is 3.91. The average molecular weight is 660 g/mol. The topological polar surface area (TPSA) is 117 Å². The Kier molecular flexibility index (Phi) is 33.5. The Morgan fingerprint density at radius 2 is 1.18 bits per heavy atom. The summed E-state index contributed by atoms with van der Waals surface area (Å²) in [6, 6.07) is 0. The Bertz CT molecular complexity index is 747. The van der Waals surface area contributed by atoms with Crippen LogP contribution in [0.25, 0.3) is 0 Å². The average Bonchev–Trinajstić information content (AvgIpc) is 3.03. The zero-order valence-corrected chi connectivity index (χ0v) is 30.0. The van der Waals surface area contributed by atoms with Crippen molar-refractivity contribution in [2.75, 3.05) is 33.0 Å². The highest BCUT2D eigenvalue weighted by Gasteiger charge is 2.25. The molecule has 8 nitrogen and oxygen atoms in total. The fraction of sp³-hybridized carbons (Fsp3) is 0.861. The van der Waals surface area contributed by atoms with Crippen molar-refractivity contribution in [3.63, 3.8) is 0 Å². The van der Waals surface area contributed by atoms with Crippen molar-refractivity contribution in [3.05, 3.63) is 24.3 Å². The van der Waals surface area contributed by atoms with Crippen molar-refractivity contribution < 1.29 is 32.8 Å². The molecule has 9 heteroatoms. The lowest BCUT2D eigenvalue weighted by molar-refractivity contribution is -0.154. The largest absolute Gasteiger partial charge is 0.472 e. The molecule has 3 N–H and O–H groups in total. The molecule has 0 aliphatic carbocycles. The summed E-state index contributed by atoms with van der Waals surface area (Å²) in [7, 11) is -4.26. The highest BCUT2D eigenvalue weighted by atomic mass is 31.2. The van der Waals surface area contributed by atoms with Crippen molar-refractivity contribution in [2.24, 2.45) is 5.73 Å². The van der Waals surface area contributed by atoms with Gasteiger partial charge in [-0.1, -0.05) is 134 Å². The van der Waals surface area contributed by atoms with Crippen LogP contribution in [0.4, 0.5) is 0 Å². The van der Waals surface area contributed by atoms with E-state index in [1.165, 1.54) is 103 Å². The Hall–Kier alpha value is -1.02. The predicted octanol–water partition coefficient (Wildman–Crippen LogP) is 10.1. The first-order valence-electron chi connectivity index (χ1n) is 18.3. The van der Waals surface area contributed by atoms with E-state index in [1.54, 1.807) is 0 Å². The number of esters is 1. The van der Waals surface area contributed by atoms with Crippen LogP contribution in [0.15, 0.2) is 24.3 Å². The van der Waals surface area contributed by atoms with Crippen LogP contribution in [0.3, 0.4) is 0 Å². The van der Waals surface area contributed by atoms with Gasteiger partial charge in [-0.15, -0.1) is 0 Å². The monoisotopic (exact) mass is 659 g/mol. The quantitative estimate of drug-likeness (QED) is 0.0299. The van der Waals surface area contributed by atoms with Gasteiger partial charge in [-0.3, -0.25) is 13.8 Å². The molecule has 0 saturated carbocycles. The number of nitrogens with two attached hydrogens (primary N) is 1. The van der Waals surface area contributed by atoms with Gasteiger partial charge >= 0.3 is 13.8 Å². The molecule has 0 aliphatic heterocycles. The maximum Gasteiger partial charge on any atom is 0.472 e. The minimum Gasteiger partial charge on any atom is -0.457 e. The fourth-order valence-electron chi connectivity index (χ4n) is 4.91. The minimum absolute atomic E-state index is 0.0949. The summed E-state index contributed by atoms with van der Waals surface area (Å²) in [6.07, 6.45) is 35.0. The van der Waals surface area contributed by atoms with Crippen LogP contribution < -0.4 is 5.73 Å². The summed E-state index contributed by atoms with van der Waals surface area (Å²) in [5.41, 5.74) is 5.33. The van der Waals surface area contributed by atoms with Gasteiger partial charge < -0.3 is 20.1 Å². The van der Waals surface area contributed by atoms with Crippen molar-refractivity contribution in [2.45, 2.75) is 168 Å². The molecule has 0 aromatic carbocycles. The van der Waals surface area contributed by atoms with Crippen LogP contribution in [0, 0.1) is 0 Å². The van der Waals surface area contributed by atoms with Crippen LogP contribution in [-0.2, 0) is 27.9 Å². The van der Waals surface area contributed by atoms with E-state index in [2.05, 4.69) is 38.2 Å². The van der Waals surface area contributed by atoms with Gasteiger partial charge in [0, 0.05) is 19.6 Å². The van der Waals surface area contributed by atoms with Crippen LogP contribution in [0.5, 0.6) is 0 Å². The van der Waals surface area contributed by atoms with Crippen LogP contribution in [0.1, 0.15) is 162 Å². The summed E-state index contributed by atoms with van der Waals surface area (Å²) in [5.74, 6) is -0.341. The van der Waals surface area contributed by atoms with E-state index in [1.807, 2.05) is 0 Å². The molecule has 2 unspecified atom stereocenters. The SMILES string of the molecule is CCCCC/C=C\C/C=C\CCCCCCCCCCCCOCC(COP(=O)(O)OCCN)OC(=O)CCCCCCCC. The van der Waals surface area contributed by atoms with Crippen LogP contribution in [0.2, 0.25) is 0 Å². The van der Waals surface area contributed by atoms with E-state index in [0.717, 1.165) is 38.5 Å². The first-order chi connectivity index (χ1) is 21.9. The van der Waals surface area contributed by atoms with E-state index in [9.17, 15) is 14.3 Å². The molecular weight excluding hydrogens is 589 g/mol. The number of unbranched alkanes of at least 4 members (excludes halogenated alkanes) is 18. The molecular formula is C36H70NO7P. The molecule has 0 rings (SSSR count). The molecule has 0 saturated heterocycles. The standard InChI is InChI=1S/C36H70NO7P/c1-3-5-7-9-11-12-13-14-15-16-17-18-19-20-21-22-23-24-26-28-31-41-33-35(34-43-45(39,40)42-32-30-37)44-36(38)29-27-25-10-8-6-4-2/h11-12,14-15,35H,3-10,13,16-34,37H2,1-2H3,(H,39,40)/b12-11-,15-14-. The summed E-state index contributed by atoms with van der Waals surface area (Å²) in [6.45, 7) is 4.82. The molecule has 0 radical (unpaired) electrons. The highest BCUT2D eigenvalue weighted by molar-refractivity contribution is 7.47. The Morgan fingerprint density at radius 3 is 1.78 bits per heavy atom. The van der Waals surface area contributed by atoms with Gasteiger partial charge in [-0.05, 0) is 44.9 Å². The Labute approximate surface area is 276 Å². The maximum atomic E-state index is 12.3. The van der Waals surface area contributed by atoms with Gasteiger partial charge in [-0.2, -0.15) is 0 Å². The van der Waals surface area contributed by atoms with Gasteiger partial charge in [0.25, 0.3) is 0 Å². The third kappa shape index (κ3) is 34.1. The van der Waals surface area contributed by atoms with Gasteiger partial charge in [0.05, 0.1) is 19.8 Å². The fourth-order valence-corrected chi connectivity index (χ4v) is 5.67. The minimum atomic E-state index is -4.26. The molecule has 0 aromatic rings. The smallest absolute Gasteiger partial charge is 0.457 e. The van der Waals surface area contributed by atoms with Crippen molar-refractivity contribution in [1.82, 2.24) is 0 Å².